The zero-order valence-corrected chi connectivity index (χ0v) is 7.21. The zero-order chi connectivity index (χ0) is 10.6. The molecular weight excluding hydrogens is 190 g/mol. The van der Waals surface area contributed by atoms with Gasteiger partial charge in [0.25, 0.3) is 0 Å². The Morgan fingerprint density at radius 1 is 1.50 bits per heavy atom. The predicted molar refractivity (Wildman–Crippen MR) is 47.5 cm³/mol. The van der Waals surface area contributed by atoms with Crippen LogP contribution in [0.5, 0.6) is 5.75 Å². The number of allylic oxidation sites excluding steroid dienone is 2. The van der Waals surface area contributed by atoms with Gasteiger partial charge in [-0.2, -0.15) is 0 Å². The number of hydrogen-bond donors (Lipinski definition) is 1. The van der Waals surface area contributed by atoms with Crippen LogP contribution >= 0.6 is 0 Å². The molecule has 4 heteroatoms. The molecule has 0 unspecified atom stereocenters. The second kappa shape index (κ2) is 4.50. The van der Waals surface area contributed by atoms with Crippen LogP contribution in [0.2, 0.25) is 0 Å². The average Bonchev–Trinajstić information content (AvgIpc) is 2.14. The van der Waals surface area contributed by atoms with Crippen molar-refractivity contribution in [2.75, 3.05) is 6.67 Å². The van der Waals surface area contributed by atoms with Crippen LogP contribution in [0, 0.1) is 5.82 Å². The van der Waals surface area contributed by atoms with Gasteiger partial charge in [-0.05, 0) is 24.3 Å². The molecule has 0 radical (unpaired) electrons. The number of phenolic OH excluding ortho intramolecular Hbond substituents is 1. The Kier molecular flexibility index (Phi) is 3.34. The molecule has 0 atom stereocenters. The molecule has 0 aromatic heterocycles. The van der Waals surface area contributed by atoms with Gasteiger partial charge in [0.2, 0.25) is 0 Å². The van der Waals surface area contributed by atoms with E-state index in [0.717, 1.165) is 30.4 Å². The summed E-state index contributed by atoms with van der Waals surface area (Å²) in [6, 6.07) is 3.03. The van der Waals surface area contributed by atoms with E-state index in [0.29, 0.717) is 0 Å². The van der Waals surface area contributed by atoms with E-state index in [9.17, 15) is 18.7 Å². The number of benzene rings is 1. The van der Waals surface area contributed by atoms with Gasteiger partial charge in [-0.1, -0.05) is 0 Å². The summed E-state index contributed by atoms with van der Waals surface area (Å²) >= 11 is 0. The van der Waals surface area contributed by atoms with Gasteiger partial charge >= 0.3 is 0 Å². The van der Waals surface area contributed by atoms with Crippen LogP contribution < -0.4 is 0 Å². The van der Waals surface area contributed by atoms with Crippen molar-refractivity contribution in [2.24, 2.45) is 0 Å². The standard InChI is InChI=1S/C10H8F2O2/c11-5-1-2-9(13)8-4-3-7(12)6-10(8)14/h1-4,6,14H,5H2/b2-1+. The normalized spacial score (nSPS) is 10.7. The fourth-order valence-corrected chi connectivity index (χ4v) is 0.955. The Labute approximate surface area is 79.5 Å². The topological polar surface area (TPSA) is 37.3 Å². The molecule has 0 aliphatic heterocycles. The summed E-state index contributed by atoms with van der Waals surface area (Å²) in [6.07, 6.45) is 2.01. The van der Waals surface area contributed by atoms with E-state index in [2.05, 4.69) is 0 Å². The fourth-order valence-electron chi connectivity index (χ4n) is 0.955. The lowest BCUT2D eigenvalue weighted by Gasteiger charge is -1.99. The first-order chi connectivity index (χ1) is 6.65. The number of ketones is 1. The quantitative estimate of drug-likeness (QED) is 0.597. The molecule has 0 saturated heterocycles. The molecular formula is C10H8F2O2. The van der Waals surface area contributed by atoms with Crippen LogP contribution in [-0.2, 0) is 0 Å². The highest BCUT2D eigenvalue weighted by Gasteiger charge is 2.08. The van der Waals surface area contributed by atoms with E-state index in [1.54, 1.807) is 0 Å². The van der Waals surface area contributed by atoms with Gasteiger partial charge in [-0.3, -0.25) is 4.79 Å². The first-order valence-corrected chi connectivity index (χ1v) is 3.90. The number of hydrogen-bond acceptors (Lipinski definition) is 2. The molecule has 0 amide bonds. The Balaban J connectivity index is 2.96. The minimum atomic E-state index is -0.756. The SMILES string of the molecule is O=C(/C=C/CF)c1ccc(F)cc1O. The molecule has 0 saturated carbocycles. The lowest BCUT2D eigenvalue weighted by Crippen LogP contribution is -1.95. The van der Waals surface area contributed by atoms with Gasteiger partial charge in [0.1, 0.15) is 18.2 Å². The molecule has 0 heterocycles. The zero-order valence-electron chi connectivity index (χ0n) is 7.21. The largest absolute Gasteiger partial charge is 0.507 e. The molecule has 0 spiro atoms. The molecule has 0 bridgehead atoms. The van der Waals surface area contributed by atoms with Gasteiger partial charge in [0, 0.05) is 6.07 Å². The molecule has 1 N–H and O–H groups in total. The summed E-state index contributed by atoms with van der Waals surface area (Å²) in [6.45, 7) is -0.756. The summed E-state index contributed by atoms with van der Waals surface area (Å²) in [5, 5.41) is 9.17. The van der Waals surface area contributed by atoms with Crippen LogP contribution in [0.25, 0.3) is 0 Å². The van der Waals surface area contributed by atoms with E-state index >= 15 is 0 Å². The maximum atomic E-state index is 12.5. The van der Waals surface area contributed by atoms with Crippen molar-refractivity contribution >= 4 is 5.78 Å². The number of carbonyl (C=O) groups excluding carboxylic acids is 1. The average molecular weight is 198 g/mol. The second-order valence-electron chi connectivity index (χ2n) is 2.58. The number of carbonyl (C=O) groups is 1. The number of alkyl halides is 1. The van der Waals surface area contributed by atoms with Crippen molar-refractivity contribution in [3.63, 3.8) is 0 Å². The molecule has 14 heavy (non-hydrogen) atoms. The highest BCUT2D eigenvalue weighted by Crippen LogP contribution is 2.18. The summed E-state index contributed by atoms with van der Waals surface area (Å²) < 4.78 is 24.2. The maximum Gasteiger partial charge on any atom is 0.189 e. The third kappa shape index (κ3) is 2.39. The van der Waals surface area contributed by atoms with Gasteiger partial charge in [-0.25, -0.2) is 8.78 Å². The van der Waals surface area contributed by atoms with Gasteiger partial charge < -0.3 is 5.11 Å². The molecule has 1 aromatic rings. The lowest BCUT2D eigenvalue weighted by atomic mass is 10.1. The van der Waals surface area contributed by atoms with Crippen LogP contribution in [0.3, 0.4) is 0 Å². The molecule has 1 aromatic carbocycles. The monoisotopic (exact) mass is 198 g/mol. The number of rotatable bonds is 3. The Bertz CT molecular complexity index is 372. The van der Waals surface area contributed by atoms with Crippen molar-refractivity contribution in [3.05, 3.63) is 41.7 Å². The van der Waals surface area contributed by atoms with Crippen molar-refractivity contribution in [2.45, 2.75) is 0 Å². The van der Waals surface area contributed by atoms with Crippen LogP contribution in [0.1, 0.15) is 10.4 Å². The Morgan fingerprint density at radius 2 is 2.21 bits per heavy atom. The molecule has 0 fully saturated rings. The van der Waals surface area contributed by atoms with Crippen molar-refractivity contribution < 1.29 is 18.7 Å². The lowest BCUT2D eigenvalue weighted by molar-refractivity contribution is 0.104. The van der Waals surface area contributed by atoms with Crippen LogP contribution in [0.15, 0.2) is 30.4 Å². The maximum absolute atomic E-state index is 12.5. The summed E-state index contributed by atoms with van der Waals surface area (Å²) in [4.78, 5) is 11.2. The molecule has 1 rings (SSSR count). The first-order valence-electron chi connectivity index (χ1n) is 3.90. The molecule has 0 aliphatic rings. The van der Waals surface area contributed by atoms with Gasteiger partial charge in [0.15, 0.2) is 5.78 Å². The predicted octanol–water partition coefficient (Wildman–Crippen LogP) is 2.24. The van der Waals surface area contributed by atoms with Crippen molar-refractivity contribution in [1.82, 2.24) is 0 Å². The minimum Gasteiger partial charge on any atom is -0.507 e. The second-order valence-corrected chi connectivity index (χ2v) is 2.58. The van der Waals surface area contributed by atoms with Crippen LogP contribution in [-0.4, -0.2) is 17.6 Å². The van der Waals surface area contributed by atoms with Crippen molar-refractivity contribution in [1.29, 1.82) is 0 Å². The van der Waals surface area contributed by atoms with E-state index < -0.39 is 24.0 Å². The molecule has 0 aliphatic carbocycles. The van der Waals surface area contributed by atoms with Gasteiger partial charge in [0.05, 0.1) is 5.56 Å². The van der Waals surface area contributed by atoms with Gasteiger partial charge in [-0.15, -0.1) is 0 Å². The van der Waals surface area contributed by atoms with E-state index in [-0.39, 0.29) is 5.56 Å². The van der Waals surface area contributed by atoms with E-state index in [1.807, 2.05) is 0 Å². The third-order valence-electron chi connectivity index (χ3n) is 1.58. The fraction of sp³-hybridized carbons (Fsp3) is 0.100. The number of phenols is 1. The van der Waals surface area contributed by atoms with Crippen LogP contribution in [0.4, 0.5) is 8.78 Å². The highest BCUT2D eigenvalue weighted by atomic mass is 19.1. The molecule has 2 nitrogen and oxygen atoms in total. The van der Waals surface area contributed by atoms with E-state index in [4.69, 9.17) is 0 Å². The summed E-state index contributed by atoms with van der Waals surface area (Å²) in [5.41, 5.74) is -0.0453. The van der Waals surface area contributed by atoms with E-state index in [1.165, 1.54) is 0 Å². The number of aromatic hydroxyl groups is 1. The smallest absolute Gasteiger partial charge is 0.189 e. The number of halogens is 2. The summed E-state index contributed by atoms with van der Waals surface area (Å²) in [5.74, 6) is -1.63. The minimum absolute atomic E-state index is 0.0453. The summed E-state index contributed by atoms with van der Waals surface area (Å²) in [7, 11) is 0. The molecule has 74 valence electrons. The third-order valence-corrected chi connectivity index (χ3v) is 1.58. The Morgan fingerprint density at radius 3 is 2.79 bits per heavy atom. The first kappa shape index (κ1) is 10.4. The Hall–Kier alpha value is -1.71. The van der Waals surface area contributed by atoms with Crippen molar-refractivity contribution in [3.8, 4) is 5.75 Å². The highest BCUT2D eigenvalue weighted by molar-refractivity contribution is 6.06.